The first-order valence-electron chi connectivity index (χ1n) is 8.86. The van der Waals surface area contributed by atoms with Gasteiger partial charge >= 0.3 is 6.18 Å². The first-order chi connectivity index (χ1) is 14.0. The van der Waals surface area contributed by atoms with Crippen molar-refractivity contribution in [3.05, 3.63) is 81.0 Å². The van der Waals surface area contributed by atoms with Crippen LogP contribution in [0.2, 0.25) is 0 Å². The van der Waals surface area contributed by atoms with Crippen LogP contribution in [0.5, 0.6) is 5.75 Å². The van der Waals surface area contributed by atoms with Crippen LogP contribution in [0, 0.1) is 13.8 Å². The highest BCUT2D eigenvalue weighted by molar-refractivity contribution is 5.94. The van der Waals surface area contributed by atoms with Gasteiger partial charge in [0.15, 0.2) is 0 Å². The highest BCUT2D eigenvalue weighted by Crippen LogP contribution is 2.35. The standard InChI is InChI=1S/C21H18F3N3O3/c1-11-7-12(2)26-14(8-11)10-30-15-5-3-13(4-6-15)16-9-17(19(25)28)20(29)27-18(16)21(22,23)24/h3-9H,10H2,1-2H3,(H2,25,28)(H,27,29). The van der Waals surface area contributed by atoms with E-state index in [1.807, 2.05) is 26.0 Å². The van der Waals surface area contributed by atoms with E-state index in [2.05, 4.69) is 4.98 Å². The zero-order valence-corrected chi connectivity index (χ0v) is 16.1. The van der Waals surface area contributed by atoms with E-state index in [0.29, 0.717) is 5.75 Å². The van der Waals surface area contributed by atoms with Crippen LogP contribution >= 0.6 is 0 Å². The van der Waals surface area contributed by atoms with Crippen LogP contribution in [0.3, 0.4) is 0 Å². The molecular formula is C21H18F3N3O3. The summed E-state index contributed by atoms with van der Waals surface area (Å²) in [7, 11) is 0. The van der Waals surface area contributed by atoms with Crippen molar-refractivity contribution in [3.63, 3.8) is 0 Å². The van der Waals surface area contributed by atoms with Gasteiger partial charge in [0.2, 0.25) is 0 Å². The van der Waals surface area contributed by atoms with E-state index in [9.17, 15) is 22.8 Å². The molecule has 3 rings (SSSR count). The molecule has 3 aromatic rings. The molecule has 2 heterocycles. The lowest BCUT2D eigenvalue weighted by Crippen LogP contribution is -2.27. The van der Waals surface area contributed by atoms with Crippen LogP contribution in [0.15, 0.2) is 47.3 Å². The number of halogens is 3. The van der Waals surface area contributed by atoms with E-state index in [4.69, 9.17) is 10.5 Å². The zero-order chi connectivity index (χ0) is 22.1. The maximum absolute atomic E-state index is 13.4. The Morgan fingerprint density at radius 2 is 1.80 bits per heavy atom. The van der Waals surface area contributed by atoms with E-state index >= 15 is 0 Å². The third kappa shape index (κ3) is 4.68. The van der Waals surface area contributed by atoms with Gasteiger partial charge < -0.3 is 15.5 Å². The van der Waals surface area contributed by atoms with E-state index in [-0.39, 0.29) is 17.7 Å². The molecule has 0 saturated heterocycles. The third-order valence-electron chi connectivity index (χ3n) is 4.29. The molecule has 3 N–H and O–H groups in total. The molecule has 1 aromatic carbocycles. The minimum absolute atomic E-state index is 0.137. The molecule has 6 nitrogen and oxygen atoms in total. The van der Waals surface area contributed by atoms with Gasteiger partial charge in [0.05, 0.1) is 5.69 Å². The van der Waals surface area contributed by atoms with Crippen molar-refractivity contribution in [2.24, 2.45) is 5.73 Å². The van der Waals surface area contributed by atoms with Gasteiger partial charge in [-0.1, -0.05) is 12.1 Å². The Morgan fingerprint density at radius 3 is 2.37 bits per heavy atom. The summed E-state index contributed by atoms with van der Waals surface area (Å²) in [6.07, 6.45) is -4.82. The highest BCUT2D eigenvalue weighted by Gasteiger charge is 2.36. The Bertz CT molecular complexity index is 1130. The molecular weight excluding hydrogens is 399 g/mol. The molecule has 0 bridgehead atoms. The SMILES string of the molecule is Cc1cc(C)nc(COc2ccc(-c3cc(C(N)=O)c(=O)[nH]c3C(F)(F)F)cc2)c1. The second-order valence-corrected chi connectivity index (χ2v) is 6.75. The Hall–Kier alpha value is -3.62. The van der Waals surface area contributed by atoms with Gasteiger partial charge in [-0.15, -0.1) is 0 Å². The van der Waals surface area contributed by atoms with Crippen molar-refractivity contribution in [3.8, 4) is 16.9 Å². The Morgan fingerprint density at radius 1 is 1.13 bits per heavy atom. The number of aryl methyl sites for hydroxylation is 2. The maximum atomic E-state index is 13.4. The summed E-state index contributed by atoms with van der Waals surface area (Å²) in [6.45, 7) is 4.00. The number of H-pyrrole nitrogens is 1. The molecule has 0 atom stereocenters. The number of ether oxygens (including phenoxy) is 1. The Kier molecular flexibility index (Phi) is 5.64. The van der Waals surface area contributed by atoms with E-state index in [0.717, 1.165) is 23.0 Å². The molecule has 0 aliphatic carbocycles. The second kappa shape index (κ2) is 8.02. The van der Waals surface area contributed by atoms with Gasteiger partial charge in [0.1, 0.15) is 23.6 Å². The highest BCUT2D eigenvalue weighted by atomic mass is 19.4. The maximum Gasteiger partial charge on any atom is 0.431 e. The van der Waals surface area contributed by atoms with Crippen molar-refractivity contribution >= 4 is 5.91 Å². The number of amides is 1. The van der Waals surface area contributed by atoms with E-state index in [1.165, 1.54) is 24.3 Å². The number of primary amides is 1. The molecule has 0 unspecified atom stereocenters. The predicted octanol–water partition coefficient (Wildman–Crippen LogP) is 3.75. The van der Waals surface area contributed by atoms with E-state index < -0.39 is 28.9 Å². The first-order valence-corrected chi connectivity index (χ1v) is 8.86. The molecule has 2 aromatic heterocycles. The molecule has 0 radical (unpaired) electrons. The molecule has 0 aliphatic heterocycles. The van der Waals surface area contributed by atoms with Gasteiger partial charge in [-0.25, -0.2) is 0 Å². The fraction of sp³-hybridized carbons (Fsp3) is 0.190. The van der Waals surface area contributed by atoms with Gasteiger partial charge in [-0.2, -0.15) is 13.2 Å². The summed E-state index contributed by atoms with van der Waals surface area (Å²) in [6, 6.07) is 10.4. The number of carbonyl (C=O) groups is 1. The lowest BCUT2D eigenvalue weighted by Gasteiger charge is -2.14. The molecule has 30 heavy (non-hydrogen) atoms. The predicted molar refractivity (Wildman–Crippen MR) is 104 cm³/mol. The Labute approximate surface area is 169 Å². The number of rotatable bonds is 5. The van der Waals surface area contributed by atoms with Gasteiger partial charge in [-0.05, 0) is 55.3 Å². The quantitative estimate of drug-likeness (QED) is 0.661. The van der Waals surface area contributed by atoms with Crippen LogP contribution in [-0.4, -0.2) is 15.9 Å². The molecule has 1 amide bonds. The molecule has 0 saturated carbocycles. The molecule has 0 spiro atoms. The number of hydrogen-bond donors (Lipinski definition) is 2. The average Bonchev–Trinajstić information content (AvgIpc) is 2.65. The molecule has 9 heteroatoms. The summed E-state index contributed by atoms with van der Waals surface area (Å²) in [4.78, 5) is 29.2. The average molecular weight is 417 g/mol. The van der Waals surface area contributed by atoms with E-state index in [1.54, 1.807) is 4.98 Å². The van der Waals surface area contributed by atoms with Crippen molar-refractivity contribution < 1.29 is 22.7 Å². The largest absolute Gasteiger partial charge is 0.487 e. The number of benzene rings is 1. The lowest BCUT2D eigenvalue weighted by molar-refractivity contribution is -0.140. The summed E-state index contributed by atoms with van der Waals surface area (Å²) in [5.41, 5.74) is 4.48. The van der Waals surface area contributed by atoms with Crippen LogP contribution in [0.4, 0.5) is 13.2 Å². The monoisotopic (exact) mass is 417 g/mol. The number of hydrogen-bond acceptors (Lipinski definition) is 4. The zero-order valence-electron chi connectivity index (χ0n) is 16.1. The van der Waals surface area contributed by atoms with Gasteiger partial charge in [-0.3, -0.25) is 14.6 Å². The van der Waals surface area contributed by atoms with Crippen LogP contribution in [0.25, 0.3) is 11.1 Å². The smallest absolute Gasteiger partial charge is 0.431 e. The van der Waals surface area contributed by atoms with Crippen LogP contribution < -0.4 is 16.0 Å². The van der Waals surface area contributed by atoms with Crippen molar-refractivity contribution in [2.45, 2.75) is 26.6 Å². The van der Waals surface area contributed by atoms with Crippen molar-refractivity contribution in [1.29, 1.82) is 0 Å². The van der Waals surface area contributed by atoms with Crippen molar-refractivity contribution in [1.82, 2.24) is 9.97 Å². The van der Waals surface area contributed by atoms with Crippen LogP contribution in [0.1, 0.15) is 33.0 Å². The second-order valence-electron chi connectivity index (χ2n) is 6.75. The third-order valence-corrected chi connectivity index (χ3v) is 4.29. The number of aromatic nitrogens is 2. The summed E-state index contributed by atoms with van der Waals surface area (Å²) in [5, 5.41) is 0. The number of pyridine rings is 2. The lowest BCUT2D eigenvalue weighted by atomic mass is 10.0. The first kappa shape index (κ1) is 21.1. The molecule has 156 valence electrons. The fourth-order valence-corrected chi connectivity index (χ4v) is 3.05. The number of nitrogens with one attached hydrogen (secondary N) is 1. The number of alkyl halides is 3. The number of nitrogens with zero attached hydrogens (tertiary/aromatic N) is 1. The minimum atomic E-state index is -4.82. The summed E-state index contributed by atoms with van der Waals surface area (Å²) < 4.78 is 45.8. The van der Waals surface area contributed by atoms with Crippen molar-refractivity contribution in [2.75, 3.05) is 0 Å². The normalized spacial score (nSPS) is 11.4. The number of nitrogens with two attached hydrogens (primary N) is 1. The number of aromatic amines is 1. The minimum Gasteiger partial charge on any atom is -0.487 e. The van der Waals surface area contributed by atoms with Crippen LogP contribution in [-0.2, 0) is 12.8 Å². The summed E-state index contributed by atoms with van der Waals surface area (Å²) in [5.74, 6) is -0.694. The topological polar surface area (TPSA) is 98.1 Å². The number of carbonyl (C=O) groups excluding carboxylic acids is 1. The fourth-order valence-electron chi connectivity index (χ4n) is 3.05. The molecule has 0 fully saturated rings. The molecule has 0 aliphatic rings. The van der Waals surface area contributed by atoms with Gasteiger partial charge in [0.25, 0.3) is 11.5 Å². The summed E-state index contributed by atoms with van der Waals surface area (Å²) >= 11 is 0. The Balaban J connectivity index is 1.91. The van der Waals surface area contributed by atoms with Gasteiger partial charge in [0, 0.05) is 11.3 Å².